The predicted molar refractivity (Wildman–Crippen MR) is 81.8 cm³/mol. The average molecular weight is 354 g/mol. The molecule has 2 N–H and O–H groups in total. The van der Waals surface area contributed by atoms with E-state index in [2.05, 4.69) is 9.73 Å². The second-order valence-electron chi connectivity index (χ2n) is 4.88. The SMILES string of the molecule is CN1CCN(NS(=O)(=O)c2ccc(Cl)c(CO)c2Cl)CC1. The predicted octanol–water partition coefficient (Wildman–Crippen LogP) is 0.926. The minimum absolute atomic E-state index is 0.0494. The van der Waals surface area contributed by atoms with Gasteiger partial charge in [0.15, 0.2) is 0 Å². The number of aliphatic hydroxyl groups excluding tert-OH is 1. The van der Waals surface area contributed by atoms with E-state index in [0.717, 1.165) is 13.1 Å². The van der Waals surface area contributed by atoms with Crippen molar-refractivity contribution in [1.82, 2.24) is 14.7 Å². The maximum Gasteiger partial charge on any atom is 0.254 e. The molecule has 0 amide bonds. The largest absolute Gasteiger partial charge is 0.392 e. The highest BCUT2D eigenvalue weighted by molar-refractivity contribution is 7.89. The highest BCUT2D eigenvalue weighted by Crippen LogP contribution is 2.31. The second-order valence-corrected chi connectivity index (χ2v) is 7.30. The number of hydrazine groups is 1. The first kappa shape index (κ1) is 17.0. The Morgan fingerprint density at radius 1 is 1.24 bits per heavy atom. The van der Waals surface area contributed by atoms with Crippen LogP contribution >= 0.6 is 23.2 Å². The smallest absolute Gasteiger partial charge is 0.254 e. The normalized spacial score (nSPS) is 18.1. The van der Waals surface area contributed by atoms with Gasteiger partial charge in [-0.1, -0.05) is 23.2 Å². The van der Waals surface area contributed by atoms with Gasteiger partial charge in [0.2, 0.25) is 0 Å². The summed E-state index contributed by atoms with van der Waals surface area (Å²) < 4.78 is 24.8. The third kappa shape index (κ3) is 3.87. The maximum atomic E-state index is 12.4. The fraction of sp³-hybridized carbons (Fsp3) is 0.500. The van der Waals surface area contributed by atoms with Gasteiger partial charge >= 0.3 is 0 Å². The molecule has 9 heteroatoms. The lowest BCUT2D eigenvalue weighted by Gasteiger charge is -2.32. The third-order valence-corrected chi connectivity index (χ3v) is 5.67. The van der Waals surface area contributed by atoms with Crippen LogP contribution in [0.15, 0.2) is 17.0 Å². The Morgan fingerprint density at radius 2 is 1.86 bits per heavy atom. The van der Waals surface area contributed by atoms with E-state index in [1.54, 1.807) is 5.01 Å². The molecule has 6 nitrogen and oxygen atoms in total. The van der Waals surface area contributed by atoms with Crippen LogP contribution < -0.4 is 4.83 Å². The van der Waals surface area contributed by atoms with Gasteiger partial charge in [0, 0.05) is 36.8 Å². The van der Waals surface area contributed by atoms with Gasteiger partial charge < -0.3 is 10.0 Å². The number of likely N-dealkylation sites (N-methyl/N-ethyl adjacent to an activating group) is 1. The molecule has 0 saturated carbocycles. The van der Waals surface area contributed by atoms with Gasteiger partial charge in [-0.15, -0.1) is 4.83 Å². The van der Waals surface area contributed by atoms with E-state index in [4.69, 9.17) is 23.2 Å². The lowest BCUT2D eigenvalue weighted by molar-refractivity contribution is 0.135. The number of nitrogens with zero attached hydrogens (tertiary/aromatic N) is 2. The van der Waals surface area contributed by atoms with Crippen molar-refractivity contribution in [3.05, 3.63) is 27.7 Å². The molecular weight excluding hydrogens is 337 g/mol. The molecule has 21 heavy (non-hydrogen) atoms. The van der Waals surface area contributed by atoms with Crippen LogP contribution in [0.2, 0.25) is 10.0 Å². The number of sulfonamides is 1. The van der Waals surface area contributed by atoms with Crippen LogP contribution in [0.1, 0.15) is 5.56 Å². The number of halogens is 2. The summed E-state index contributed by atoms with van der Waals surface area (Å²) in [7, 11) is -1.82. The average Bonchev–Trinajstić information content (AvgIpc) is 2.41. The van der Waals surface area contributed by atoms with E-state index in [1.807, 2.05) is 7.05 Å². The first-order valence-corrected chi connectivity index (χ1v) is 8.62. The number of aliphatic hydroxyl groups is 1. The zero-order valence-electron chi connectivity index (χ0n) is 11.5. The van der Waals surface area contributed by atoms with Crippen molar-refractivity contribution in [2.24, 2.45) is 0 Å². The zero-order chi connectivity index (χ0) is 15.6. The summed E-state index contributed by atoms with van der Waals surface area (Å²) >= 11 is 11.9. The highest BCUT2D eigenvalue weighted by Gasteiger charge is 2.25. The van der Waals surface area contributed by atoms with Gasteiger partial charge in [-0.25, -0.2) is 13.4 Å². The maximum absolute atomic E-state index is 12.4. The van der Waals surface area contributed by atoms with Crippen molar-refractivity contribution < 1.29 is 13.5 Å². The summed E-state index contributed by atoms with van der Waals surface area (Å²) in [6, 6.07) is 2.75. The van der Waals surface area contributed by atoms with E-state index in [9.17, 15) is 13.5 Å². The fourth-order valence-corrected chi connectivity index (χ4v) is 4.07. The van der Waals surface area contributed by atoms with E-state index in [1.165, 1.54) is 12.1 Å². The topological polar surface area (TPSA) is 72.9 Å². The molecule has 0 unspecified atom stereocenters. The Kier molecular flexibility index (Phi) is 5.48. The Bertz CT molecular complexity index is 616. The molecule has 1 fully saturated rings. The summed E-state index contributed by atoms with van der Waals surface area (Å²) in [6.07, 6.45) is 0. The van der Waals surface area contributed by atoms with Crippen molar-refractivity contribution >= 4 is 33.2 Å². The van der Waals surface area contributed by atoms with Gasteiger partial charge in [0.05, 0.1) is 11.6 Å². The summed E-state index contributed by atoms with van der Waals surface area (Å²) in [5.74, 6) is 0. The summed E-state index contributed by atoms with van der Waals surface area (Å²) in [6.45, 7) is 2.31. The van der Waals surface area contributed by atoms with Crippen molar-refractivity contribution in [3.8, 4) is 0 Å². The third-order valence-electron chi connectivity index (χ3n) is 3.35. The number of hydrogen-bond acceptors (Lipinski definition) is 5. The van der Waals surface area contributed by atoms with Gasteiger partial charge in [0.1, 0.15) is 4.90 Å². The monoisotopic (exact) mass is 353 g/mol. The minimum Gasteiger partial charge on any atom is -0.392 e. The van der Waals surface area contributed by atoms with Crippen molar-refractivity contribution in [2.45, 2.75) is 11.5 Å². The van der Waals surface area contributed by atoms with E-state index >= 15 is 0 Å². The molecule has 1 aromatic carbocycles. The zero-order valence-corrected chi connectivity index (χ0v) is 13.8. The molecule has 2 rings (SSSR count). The van der Waals surface area contributed by atoms with Crippen molar-refractivity contribution in [3.63, 3.8) is 0 Å². The summed E-state index contributed by atoms with van der Waals surface area (Å²) in [5, 5.41) is 11.1. The van der Waals surface area contributed by atoms with Gasteiger partial charge in [0.25, 0.3) is 10.0 Å². The van der Waals surface area contributed by atoms with Crippen LogP contribution in [0.4, 0.5) is 0 Å². The van der Waals surface area contributed by atoms with Crippen LogP contribution in [0.3, 0.4) is 0 Å². The molecule has 1 aliphatic heterocycles. The summed E-state index contributed by atoms with van der Waals surface area (Å²) in [4.78, 5) is 4.54. The van der Waals surface area contributed by atoms with Crippen LogP contribution in [0.5, 0.6) is 0 Å². The quantitative estimate of drug-likeness (QED) is 0.842. The molecule has 0 bridgehead atoms. The van der Waals surface area contributed by atoms with Gasteiger partial charge in [-0.3, -0.25) is 0 Å². The lowest BCUT2D eigenvalue weighted by Crippen LogP contribution is -2.52. The van der Waals surface area contributed by atoms with Crippen LogP contribution in [0, 0.1) is 0 Å². The van der Waals surface area contributed by atoms with E-state index < -0.39 is 16.6 Å². The number of benzene rings is 1. The molecule has 1 heterocycles. The Labute approximate surface area is 134 Å². The number of piperazine rings is 1. The molecule has 0 spiro atoms. The Morgan fingerprint density at radius 3 is 2.43 bits per heavy atom. The van der Waals surface area contributed by atoms with Gasteiger partial charge in [-0.05, 0) is 19.2 Å². The first-order chi connectivity index (χ1) is 9.85. The number of hydrogen-bond donors (Lipinski definition) is 2. The molecular formula is C12H17Cl2N3O3S. The molecule has 0 aromatic heterocycles. The molecule has 0 atom stereocenters. The number of rotatable bonds is 4. The first-order valence-electron chi connectivity index (χ1n) is 6.39. The standard InChI is InChI=1S/C12H17Cl2N3O3S/c1-16-4-6-17(7-5-16)15-21(19,20)11-3-2-10(13)9(8-18)12(11)14/h2-3,15,18H,4-8H2,1H3. The van der Waals surface area contributed by atoms with E-state index in [0.29, 0.717) is 13.1 Å². The molecule has 1 aromatic rings. The molecule has 1 aliphatic rings. The number of nitrogens with one attached hydrogen (secondary N) is 1. The van der Waals surface area contributed by atoms with Crippen LogP contribution in [0.25, 0.3) is 0 Å². The molecule has 0 radical (unpaired) electrons. The van der Waals surface area contributed by atoms with Crippen LogP contribution in [-0.2, 0) is 16.6 Å². The minimum atomic E-state index is -3.80. The Hall–Kier alpha value is -0.410. The van der Waals surface area contributed by atoms with Gasteiger partial charge in [-0.2, -0.15) is 0 Å². The van der Waals surface area contributed by atoms with Crippen molar-refractivity contribution in [1.29, 1.82) is 0 Å². The molecule has 0 aliphatic carbocycles. The Balaban J connectivity index is 2.24. The molecule has 118 valence electrons. The lowest BCUT2D eigenvalue weighted by atomic mass is 10.2. The molecule has 1 saturated heterocycles. The van der Waals surface area contributed by atoms with Crippen molar-refractivity contribution in [2.75, 3.05) is 33.2 Å². The van der Waals surface area contributed by atoms with Crippen LogP contribution in [-0.4, -0.2) is 56.7 Å². The fourth-order valence-electron chi connectivity index (χ4n) is 2.05. The highest BCUT2D eigenvalue weighted by atomic mass is 35.5. The van der Waals surface area contributed by atoms with E-state index in [-0.39, 0.29) is 20.5 Å². The second kappa shape index (κ2) is 6.78. The summed E-state index contributed by atoms with van der Waals surface area (Å²) in [5.41, 5.74) is 0.208.